The Hall–Kier alpha value is -2.91. The van der Waals surface area contributed by atoms with E-state index in [1.807, 2.05) is 4.98 Å². The van der Waals surface area contributed by atoms with Gasteiger partial charge in [-0.25, -0.2) is 9.59 Å². The summed E-state index contributed by atoms with van der Waals surface area (Å²) < 4.78 is 0.906. The molecule has 0 radical (unpaired) electrons. The lowest BCUT2D eigenvalue weighted by molar-refractivity contribution is -0.142. The molecule has 0 saturated heterocycles. The van der Waals surface area contributed by atoms with Crippen molar-refractivity contribution < 1.29 is 19.5 Å². The molecule has 2 amide bonds. The zero-order valence-electron chi connectivity index (χ0n) is 10.9. The number of aromatic nitrogens is 2. The van der Waals surface area contributed by atoms with Crippen LogP contribution in [0, 0.1) is 0 Å². The quantitative estimate of drug-likeness (QED) is 0.430. The summed E-state index contributed by atoms with van der Waals surface area (Å²) in [6.45, 7) is -0.462. The van der Waals surface area contributed by atoms with Crippen LogP contribution in [-0.4, -0.2) is 38.5 Å². The molecular formula is C11H14N4O6. The molecule has 1 atom stereocenters. The summed E-state index contributed by atoms with van der Waals surface area (Å²) in [5.41, 5.74) is 3.51. The van der Waals surface area contributed by atoms with Crippen LogP contribution < -0.4 is 22.3 Å². The smallest absolute Gasteiger partial charge is 0.328 e. The molecule has 1 aromatic heterocycles. The third kappa shape index (κ3) is 5.30. The first-order chi connectivity index (χ1) is 9.79. The summed E-state index contributed by atoms with van der Waals surface area (Å²) in [6.07, 6.45) is 0.757. The zero-order chi connectivity index (χ0) is 16.0. The zero-order valence-corrected chi connectivity index (χ0v) is 10.9. The van der Waals surface area contributed by atoms with E-state index in [-0.39, 0.29) is 12.8 Å². The number of aliphatic carboxylic acids is 1. The first kappa shape index (κ1) is 16.1. The second-order valence-corrected chi connectivity index (χ2v) is 4.20. The number of hydrogen-bond donors (Lipinski definition) is 4. The molecule has 0 bridgehead atoms. The summed E-state index contributed by atoms with van der Waals surface area (Å²) in [4.78, 5) is 57.4. The van der Waals surface area contributed by atoms with Crippen LogP contribution in [0.1, 0.15) is 12.8 Å². The molecule has 1 heterocycles. The summed E-state index contributed by atoms with van der Waals surface area (Å²) in [6, 6.07) is -0.236. The van der Waals surface area contributed by atoms with E-state index in [9.17, 15) is 24.0 Å². The van der Waals surface area contributed by atoms with Gasteiger partial charge in [-0.3, -0.25) is 23.9 Å². The highest BCUT2D eigenvalue weighted by molar-refractivity contribution is 5.84. The monoisotopic (exact) mass is 298 g/mol. The van der Waals surface area contributed by atoms with Crippen LogP contribution in [0.5, 0.6) is 0 Å². The van der Waals surface area contributed by atoms with E-state index >= 15 is 0 Å². The van der Waals surface area contributed by atoms with Gasteiger partial charge >= 0.3 is 11.7 Å². The molecular weight excluding hydrogens is 284 g/mol. The molecule has 0 fully saturated rings. The number of carboxylic acid groups (broad SMARTS) is 1. The number of amides is 2. The Morgan fingerprint density at radius 3 is 2.57 bits per heavy atom. The molecule has 1 rings (SSSR count). The lowest BCUT2D eigenvalue weighted by atomic mass is 10.1. The second kappa shape index (κ2) is 7.03. The molecule has 0 aliphatic carbocycles. The number of aromatic amines is 1. The van der Waals surface area contributed by atoms with Crippen molar-refractivity contribution in [2.75, 3.05) is 0 Å². The predicted octanol–water partition coefficient (Wildman–Crippen LogP) is -2.63. The summed E-state index contributed by atoms with van der Waals surface area (Å²) in [7, 11) is 0. The Bertz CT molecular complexity index is 661. The molecule has 10 nitrogen and oxygen atoms in total. The molecule has 0 aromatic carbocycles. The highest BCUT2D eigenvalue weighted by atomic mass is 16.4. The second-order valence-electron chi connectivity index (χ2n) is 4.20. The van der Waals surface area contributed by atoms with Gasteiger partial charge in [-0.05, 0) is 6.42 Å². The number of hydrogen-bond acceptors (Lipinski definition) is 5. The fourth-order valence-corrected chi connectivity index (χ4v) is 1.51. The van der Waals surface area contributed by atoms with E-state index in [0.717, 1.165) is 16.8 Å². The minimum atomic E-state index is -1.32. The van der Waals surface area contributed by atoms with E-state index in [4.69, 9.17) is 10.8 Å². The maximum absolute atomic E-state index is 11.7. The average Bonchev–Trinajstić information content (AvgIpc) is 2.37. The van der Waals surface area contributed by atoms with Gasteiger partial charge in [0.05, 0.1) is 0 Å². The number of nitrogens with zero attached hydrogens (tertiary/aromatic N) is 1. The molecule has 114 valence electrons. The normalized spacial score (nSPS) is 11.6. The van der Waals surface area contributed by atoms with Crippen molar-refractivity contribution >= 4 is 17.8 Å². The molecule has 0 aliphatic heterocycles. The van der Waals surface area contributed by atoms with Crippen LogP contribution in [-0.2, 0) is 20.9 Å². The number of primary amides is 1. The number of carboxylic acids is 1. The van der Waals surface area contributed by atoms with Gasteiger partial charge in [0, 0.05) is 18.7 Å². The minimum absolute atomic E-state index is 0.156. The SMILES string of the molecule is NC(=O)CCC(NC(=O)Cn1ccc(=O)[nH]c1=O)C(=O)O. The first-order valence-corrected chi connectivity index (χ1v) is 5.90. The highest BCUT2D eigenvalue weighted by Gasteiger charge is 2.20. The highest BCUT2D eigenvalue weighted by Crippen LogP contribution is 1.97. The van der Waals surface area contributed by atoms with E-state index in [1.54, 1.807) is 0 Å². The third-order valence-electron chi connectivity index (χ3n) is 2.52. The third-order valence-corrected chi connectivity index (χ3v) is 2.52. The lowest BCUT2D eigenvalue weighted by Crippen LogP contribution is -2.44. The van der Waals surface area contributed by atoms with E-state index in [2.05, 4.69) is 5.32 Å². The predicted molar refractivity (Wildman–Crippen MR) is 69.3 cm³/mol. The minimum Gasteiger partial charge on any atom is -0.480 e. The topological polar surface area (TPSA) is 164 Å². The van der Waals surface area contributed by atoms with E-state index < -0.39 is 41.6 Å². The molecule has 1 unspecified atom stereocenters. The molecule has 5 N–H and O–H groups in total. The molecule has 0 saturated carbocycles. The van der Waals surface area contributed by atoms with Crippen LogP contribution in [0.4, 0.5) is 0 Å². The number of carbonyl (C=O) groups is 3. The fourth-order valence-electron chi connectivity index (χ4n) is 1.51. The lowest BCUT2D eigenvalue weighted by Gasteiger charge is -2.14. The van der Waals surface area contributed by atoms with Crippen molar-refractivity contribution in [1.82, 2.24) is 14.9 Å². The molecule has 0 aliphatic rings. The van der Waals surface area contributed by atoms with Crippen molar-refractivity contribution in [3.8, 4) is 0 Å². The van der Waals surface area contributed by atoms with Crippen LogP contribution >= 0.6 is 0 Å². The van der Waals surface area contributed by atoms with Gasteiger partial charge in [0.15, 0.2) is 0 Å². The van der Waals surface area contributed by atoms with Gasteiger partial charge in [-0.1, -0.05) is 0 Å². The van der Waals surface area contributed by atoms with Gasteiger partial charge in [0.2, 0.25) is 11.8 Å². The van der Waals surface area contributed by atoms with E-state index in [0.29, 0.717) is 0 Å². The maximum atomic E-state index is 11.7. The Balaban J connectivity index is 2.69. The Labute approximate surface area is 117 Å². The molecule has 1 aromatic rings. The van der Waals surface area contributed by atoms with Crippen molar-refractivity contribution in [3.05, 3.63) is 33.1 Å². The Kier molecular flexibility index (Phi) is 5.40. The van der Waals surface area contributed by atoms with Crippen molar-refractivity contribution in [1.29, 1.82) is 0 Å². The van der Waals surface area contributed by atoms with Gasteiger partial charge in [-0.2, -0.15) is 0 Å². The largest absolute Gasteiger partial charge is 0.480 e. The summed E-state index contributed by atoms with van der Waals surface area (Å²) in [5.74, 6) is -2.76. The Morgan fingerprint density at radius 1 is 1.38 bits per heavy atom. The van der Waals surface area contributed by atoms with Gasteiger partial charge < -0.3 is 16.2 Å². The fraction of sp³-hybridized carbons (Fsp3) is 0.364. The molecule has 0 spiro atoms. The van der Waals surface area contributed by atoms with Gasteiger partial charge in [0.25, 0.3) is 5.56 Å². The van der Waals surface area contributed by atoms with Crippen LogP contribution in [0.3, 0.4) is 0 Å². The molecule has 10 heteroatoms. The number of nitrogens with one attached hydrogen (secondary N) is 2. The number of carbonyl (C=O) groups excluding carboxylic acids is 2. The summed E-state index contributed by atoms with van der Waals surface area (Å²) in [5, 5.41) is 11.1. The van der Waals surface area contributed by atoms with E-state index in [1.165, 1.54) is 0 Å². The van der Waals surface area contributed by atoms with Crippen LogP contribution in [0.2, 0.25) is 0 Å². The van der Waals surface area contributed by atoms with Crippen LogP contribution in [0.15, 0.2) is 21.9 Å². The van der Waals surface area contributed by atoms with Gasteiger partial charge in [-0.15, -0.1) is 0 Å². The number of rotatable bonds is 7. The van der Waals surface area contributed by atoms with Crippen molar-refractivity contribution in [3.63, 3.8) is 0 Å². The van der Waals surface area contributed by atoms with Crippen LogP contribution in [0.25, 0.3) is 0 Å². The van der Waals surface area contributed by atoms with Crippen molar-refractivity contribution in [2.24, 2.45) is 5.73 Å². The number of H-pyrrole nitrogens is 1. The van der Waals surface area contributed by atoms with Crippen molar-refractivity contribution in [2.45, 2.75) is 25.4 Å². The maximum Gasteiger partial charge on any atom is 0.328 e. The van der Waals surface area contributed by atoms with Gasteiger partial charge in [0.1, 0.15) is 12.6 Å². The number of nitrogens with two attached hydrogens (primary N) is 1. The first-order valence-electron chi connectivity index (χ1n) is 5.90. The molecule has 21 heavy (non-hydrogen) atoms. The average molecular weight is 298 g/mol. The Morgan fingerprint density at radius 2 is 2.05 bits per heavy atom. The standard InChI is InChI=1S/C11H14N4O6/c12-7(16)2-1-6(10(19)20)13-9(18)5-15-4-3-8(17)14-11(15)21/h3-4,6H,1-2,5H2,(H2,12,16)(H,13,18)(H,19,20)(H,14,17,21). The summed E-state index contributed by atoms with van der Waals surface area (Å²) >= 11 is 0.